The van der Waals surface area contributed by atoms with E-state index in [1.807, 2.05) is 18.2 Å². The lowest BCUT2D eigenvalue weighted by Gasteiger charge is -2.12. The van der Waals surface area contributed by atoms with Gasteiger partial charge in [0.25, 0.3) is 0 Å². The topological polar surface area (TPSA) is 42.5 Å². The van der Waals surface area contributed by atoms with E-state index in [4.69, 9.17) is 21.7 Å². The van der Waals surface area contributed by atoms with Crippen molar-refractivity contribution >= 4 is 17.3 Å². The van der Waals surface area contributed by atoms with Crippen LogP contribution in [0, 0.1) is 0 Å². The summed E-state index contributed by atoms with van der Waals surface area (Å²) in [5, 5.41) is 7.21. The fourth-order valence-corrected chi connectivity index (χ4v) is 2.38. The second-order valence-corrected chi connectivity index (χ2v) is 5.59. The molecule has 0 atom stereocenters. The minimum Gasteiger partial charge on any atom is -0.493 e. The van der Waals surface area contributed by atoms with E-state index in [1.54, 1.807) is 14.2 Å². The summed E-state index contributed by atoms with van der Waals surface area (Å²) in [6, 6.07) is 5.98. The first-order chi connectivity index (χ1) is 10.7. The molecule has 1 aromatic rings. The summed E-state index contributed by atoms with van der Waals surface area (Å²) in [6.07, 6.45) is 5.87. The highest BCUT2D eigenvalue weighted by Crippen LogP contribution is 2.27. The van der Waals surface area contributed by atoms with Gasteiger partial charge in [0.05, 0.1) is 14.2 Å². The van der Waals surface area contributed by atoms with Gasteiger partial charge in [-0.1, -0.05) is 32.3 Å². The molecule has 0 saturated carbocycles. The number of hydrogen-bond donors (Lipinski definition) is 2. The van der Waals surface area contributed by atoms with Gasteiger partial charge in [-0.15, -0.1) is 0 Å². The van der Waals surface area contributed by atoms with Crippen molar-refractivity contribution < 1.29 is 9.47 Å². The van der Waals surface area contributed by atoms with Gasteiger partial charge in [0.1, 0.15) is 0 Å². The van der Waals surface area contributed by atoms with E-state index in [0.717, 1.165) is 36.1 Å². The molecular formula is C17H28N2O2S. The maximum atomic E-state index is 5.31. The van der Waals surface area contributed by atoms with E-state index in [-0.39, 0.29) is 0 Å². The van der Waals surface area contributed by atoms with Gasteiger partial charge in [0, 0.05) is 13.1 Å². The first-order valence-electron chi connectivity index (χ1n) is 7.93. The van der Waals surface area contributed by atoms with Gasteiger partial charge in [-0.25, -0.2) is 0 Å². The molecule has 22 heavy (non-hydrogen) atoms. The molecule has 0 aliphatic carbocycles. The number of benzene rings is 1. The van der Waals surface area contributed by atoms with E-state index < -0.39 is 0 Å². The zero-order chi connectivity index (χ0) is 16.2. The van der Waals surface area contributed by atoms with Crippen LogP contribution in [-0.4, -0.2) is 32.4 Å². The van der Waals surface area contributed by atoms with Crippen LogP contribution in [0.4, 0.5) is 0 Å². The molecule has 0 aromatic heterocycles. The minimum absolute atomic E-state index is 0.733. The van der Waals surface area contributed by atoms with Crippen LogP contribution in [0.3, 0.4) is 0 Å². The minimum atomic E-state index is 0.733. The summed E-state index contributed by atoms with van der Waals surface area (Å²) in [6.45, 7) is 3.96. The van der Waals surface area contributed by atoms with Crippen molar-refractivity contribution in [1.29, 1.82) is 0 Å². The van der Waals surface area contributed by atoms with Crippen LogP contribution in [0.25, 0.3) is 0 Å². The summed E-state index contributed by atoms with van der Waals surface area (Å²) in [4.78, 5) is 0. The lowest BCUT2D eigenvalue weighted by atomic mass is 10.1. The standard InChI is InChI=1S/C17H28N2O2S/c1-4-5-6-7-11-18-17(22)19-12-10-14-8-9-15(20-2)16(13-14)21-3/h8-9,13H,4-7,10-12H2,1-3H3,(H2,18,19,22). The third kappa shape index (κ3) is 6.98. The number of hydrogen-bond acceptors (Lipinski definition) is 3. The van der Waals surface area contributed by atoms with Crippen molar-refractivity contribution in [2.24, 2.45) is 0 Å². The maximum absolute atomic E-state index is 5.31. The fraction of sp³-hybridized carbons (Fsp3) is 0.588. The molecule has 1 rings (SSSR count). The molecule has 0 radical (unpaired) electrons. The molecule has 5 heteroatoms. The van der Waals surface area contributed by atoms with Gasteiger partial charge >= 0.3 is 0 Å². The molecule has 0 heterocycles. The molecule has 0 spiro atoms. The Bertz CT molecular complexity index is 452. The number of thiocarbonyl (C=S) groups is 1. The fourth-order valence-electron chi connectivity index (χ4n) is 2.17. The van der Waals surface area contributed by atoms with Crippen molar-refractivity contribution in [2.45, 2.75) is 39.0 Å². The van der Waals surface area contributed by atoms with E-state index in [2.05, 4.69) is 17.6 Å². The van der Waals surface area contributed by atoms with Crippen molar-refractivity contribution in [3.63, 3.8) is 0 Å². The van der Waals surface area contributed by atoms with E-state index in [0.29, 0.717) is 0 Å². The molecule has 2 N–H and O–H groups in total. The highest BCUT2D eigenvalue weighted by Gasteiger charge is 2.04. The second-order valence-electron chi connectivity index (χ2n) is 5.18. The van der Waals surface area contributed by atoms with Crippen molar-refractivity contribution in [3.8, 4) is 11.5 Å². The number of ether oxygens (including phenoxy) is 2. The Morgan fingerprint density at radius 1 is 1.00 bits per heavy atom. The Morgan fingerprint density at radius 3 is 2.41 bits per heavy atom. The average molecular weight is 324 g/mol. The van der Waals surface area contributed by atoms with Gasteiger partial charge in [-0.3, -0.25) is 0 Å². The van der Waals surface area contributed by atoms with Gasteiger partial charge in [0.15, 0.2) is 16.6 Å². The summed E-state index contributed by atoms with van der Waals surface area (Å²) >= 11 is 5.27. The normalized spacial score (nSPS) is 10.1. The third-order valence-electron chi connectivity index (χ3n) is 3.46. The van der Waals surface area contributed by atoms with Crippen LogP contribution in [0.1, 0.15) is 38.2 Å². The van der Waals surface area contributed by atoms with E-state index in [1.165, 1.54) is 31.2 Å². The van der Waals surface area contributed by atoms with E-state index >= 15 is 0 Å². The Morgan fingerprint density at radius 2 is 1.73 bits per heavy atom. The Labute approximate surface area is 139 Å². The zero-order valence-electron chi connectivity index (χ0n) is 13.9. The Balaban J connectivity index is 2.24. The number of nitrogens with one attached hydrogen (secondary N) is 2. The predicted molar refractivity (Wildman–Crippen MR) is 96.0 cm³/mol. The number of rotatable bonds is 10. The quantitative estimate of drug-likeness (QED) is 0.511. The molecule has 0 aliphatic rings. The summed E-state index contributed by atoms with van der Waals surface area (Å²) in [5.41, 5.74) is 1.19. The SMILES string of the molecule is CCCCCCNC(=S)NCCc1ccc(OC)c(OC)c1. The van der Waals surface area contributed by atoms with Crippen molar-refractivity contribution in [2.75, 3.05) is 27.3 Å². The van der Waals surface area contributed by atoms with Gasteiger partial charge < -0.3 is 20.1 Å². The Hall–Kier alpha value is -1.49. The van der Waals surface area contributed by atoms with Crippen LogP contribution >= 0.6 is 12.2 Å². The molecule has 0 aliphatic heterocycles. The van der Waals surface area contributed by atoms with Crippen molar-refractivity contribution in [3.05, 3.63) is 23.8 Å². The molecule has 0 unspecified atom stereocenters. The Kier molecular flexibility index (Phi) is 9.39. The molecule has 0 amide bonds. The molecule has 0 bridgehead atoms. The lowest BCUT2D eigenvalue weighted by Crippen LogP contribution is -2.36. The van der Waals surface area contributed by atoms with Crippen LogP contribution in [0.5, 0.6) is 11.5 Å². The monoisotopic (exact) mass is 324 g/mol. The summed E-state index contributed by atoms with van der Waals surface area (Å²) in [5.74, 6) is 1.51. The molecular weight excluding hydrogens is 296 g/mol. The molecule has 4 nitrogen and oxygen atoms in total. The first-order valence-corrected chi connectivity index (χ1v) is 8.34. The van der Waals surface area contributed by atoms with Gasteiger partial charge in [0.2, 0.25) is 0 Å². The highest BCUT2D eigenvalue weighted by atomic mass is 32.1. The predicted octanol–water partition coefficient (Wildman–Crippen LogP) is 3.29. The molecule has 1 aromatic carbocycles. The smallest absolute Gasteiger partial charge is 0.166 e. The van der Waals surface area contributed by atoms with Crippen molar-refractivity contribution in [1.82, 2.24) is 10.6 Å². The number of methoxy groups -OCH3 is 2. The second kappa shape index (κ2) is 11.1. The van der Waals surface area contributed by atoms with Crippen LogP contribution in [0.15, 0.2) is 18.2 Å². The summed E-state index contributed by atoms with van der Waals surface area (Å²) < 4.78 is 10.5. The number of unbranched alkanes of at least 4 members (excludes halogenated alkanes) is 3. The maximum Gasteiger partial charge on any atom is 0.166 e. The zero-order valence-corrected chi connectivity index (χ0v) is 14.7. The average Bonchev–Trinajstić information content (AvgIpc) is 2.54. The highest BCUT2D eigenvalue weighted by molar-refractivity contribution is 7.80. The first kappa shape index (κ1) is 18.6. The van der Waals surface area contributed by atoms with Gasteiger partial charge in [-0.2, -0.15) is 0 Å². The van der Waals surface area contributed by atoms with Crippen LogP contribution < -0.4 is 20.1 Å². The molecule has 0 saturated heterocycles. The summed E-state index contributed by atoms with van der Waals surface area (Å²) in [7, 11) is 3.29. The lowest BCUT2D eigenvalue weighted by molar-refractivity contribution is 0.354. The third-order valence-corrected chi connectivity index (χ3v) is 3.75. The van der Waals surface area contributed by atoms with Gasteiger partial charge in [-0.05, 0) is 42.8 Å². The van der Waals surface area contributed by atoms with Crippen LogP contribution in [0.2, 0.25) is 0 Å². The largest absolute Gasteiger partial charge is 0.493 e. The molecule has 124 valence electrons. The van der Waals surface area contributed by atoms with E-state index in [9.17, 15) is 0 Å². The molecule has 0 fully saturated rings. The van der Waals surface area contributed by atoms with Crippen LogP contribution in [-0.2, 0) is 6.42 Å².